The molecule has 1 unspecified atom stereocenters. The maximum atomic E-state index is 12.9. The van der Waals surface area contributed by atoms with E-state index in [0.29, 0.717) is 0 Å². The van der Waals surface area contributed by atoms with Gasteiger partial charge >= 0.3 is 0 Å². The summed E-state index contributed by atoms with van der Waals surface area (Å²) in [7, 11) is 1.98. The number of likely N-dealkylation sites (N-methyl/N-ethyl adjacent to an activating group) is 1. The molecule has 0 aliphatic carbocycles. The predicted molar refractivity (Wildman–Crippen MR) is 84.2 cm³/mol. The van der Waals surface area contributed by atoms with E-state index in [4.69, 9.17) is 0 Å². The second-order valence-corrected chi connectivity index (χ2v) is 5.39. The summed E-state index contributed by atoms with van der Waals surface area (Å²) in [6.45, 7) is 2.80. The molecular weight excluding hydrogens is 283 g/mol. The van der Waals surface area contributed by atoms with E-state index in [9.17, 15) is 14.5 Å². The molecule has 0 spiro atoms. The molecule has 2 aromatic rings. The van der Waals surface area contributed by atoms with Crippen molar-refractivity contribution in [3.05, 3.63) is 75.6 Å². The van der Waals surface area contributed by atoms with Crippen LogP contribution < -0.4 is 0 Å². The molecule has 0 amide bonds. The average molecular weight is 302 g/mol. The molecule has 0 aliphatic heterocycles. The number of nitro benzene ring substituents is 1. The zero-order valence-corrected chi connectivity index (χ0v) is 12.7. The first kappa shape index (κ1) is 16.1. The molecule has 0 heterocycles. The van der Waals surface area contributed by atoms with Crippen LogP contribution in [0.15, 0.2) is 48.5 Å². The Hall–Kier alpha value is -2.27. The Morgan fingerprint density at radius 3 is 2.55 bits per heavy atom. The van der Waals surface area contributed by atoms with Crippen LogP contribution in [0.2, 0.25) is 0 Å². The molecular formula is C17H19FN2O2. The van der Waals surface area contributed by atoms with Crippen molar-refractivity contribution in [1.82, 2.24) is 4.90 Å². The van der Waals surface area contributed by atoms with Gasteiger partial charge in [-0.2, -0.15) is 0 Å². The normalized spacial score (nSPS) is 12.4. The maximum absolute atomic E-state index is 12.9. The minimum Gasteiger partial charge on any atom is -0.299 e. The molecule has 0 fully saturated rings. The van der Waals surface area contributed by atoms with Gasteiger partial charge in [-0.15, -0.1) is 0 Å². The number of benzene rings is 2. The van der Waals surface area contributed by atoms with Gasteiger partial charge in [-0.25, -0.2) is 4.39 Å². The summed E-state index contributed by atoms with van der Waals surface area (Å²) in [5, 5.41) is 10.8. The van der Waals surface area contributed by atoms with Gasteiger partial charge in [0.1, 0.15) is 5.82 Å². The Labute approximate surface area is 129 Å². The van der Waals surface area contributed by atoms with Gasteiger partial charge in [0.05, 0.1) is 4.92 Å². The molecule has 22 heavy (non-hydrogen) atoms. The highest BCUT2D eigenvalue weighted by molar-refractivity contribution is 5.35. The highest BCUT2D eigenvalue weighted by Crippen LogP contribution is 2.23. The van der Waals surface area contributed by atoms with Crippen molar-refractivity contribution in [1.29, 1.82) is 0 Å². The highest BCUT2D eigenvalue weighted by atomic mass is 19.1. The minimum absolute atomic E-state index is 0.0698. The van der Waals surface area contributed by atoms with E-state index in [2.05, 4.69) is 4.90 Å². The van der Waals surface area contributed by atoms with Crippen molar-refractivity contribution in [3.8, 4) is 0 Å². The monoisotopic (exact) mass is 302 g/mol. The van der Waals surface area contributed by atoms with E-state index >= 15 is 0 Å². The van der Waals surface area contributed by atoms with Crippen molar-refractivity contribution in [2.24, 2.45) is 0 Å². The number of hydrogen-bond acceptors (Lipinski definition) is 3. The SMILES string of the molecule is CC(c1cccc([N+](=O)[O-])c1)N(C)CCc1ccc(F)cc1. The van der Waals surface area contributed by atoms with Crippen LogP contribution in [-0.2, 0) is 6.42 Å². The third-order valence-corrected chi connectivity index (χ3v) is 3.89. The van der Waals surface area contributed by atoms with Crippen LogP contribution >= 0.6 is 0 Å². The number of rotatable bonds is 6. The predicted octanol–water partition coefficient (Wildman–Crippen LogP) is 3.97. The fourth-order valence-corrected chi connectivity index (χ4v) is 2.30. The van der Waals surface area contributed by atoms with Gasteiger partial charge in [0.25, 0.3) is 5.69 Å². The second-order valence-electron chi connectivity index (χ2n) is 5.39. The van der Waals surface area contributed by atoms with Crippen LogP contribution in [0.3, 0.4) is 0 Å². The van der Waals surface area contributed by atoms with Crippen LogP contribution in [0, 0.1) is 15.9 Å². The molecule has 0 saturated heterocycles. The molecule has 0 N–H and O–H groups in total. The first-order valence-corrected chi connectivity index (χ1v) is 7.16. The van der Waals surface area contributed by atoms with Gasteiger partial charge in [-0.1, -0.05) is 24.3 Å². The number of non-ortho nitro benzene ring substituents is 1. The molecule has 1 atom stereocenters. The Balaban J connectivity index is 1.99. The standard InChI is InChI=1S/C17H19FN2O2/c1-13(15-4-3-5-17(12-15)20(21)22)19(2)11-10-14-6-8-16(18)9-7-14/h3-9,12-13H,10-11H2,1-2H3. The number of halogens is 1. The zero-order chi connectivity index (χ0) is 16.1. The van der Waals surface area contributed by atoms with Crippen molar-refractivity contribution >= 4 is 5.69 Å². The van der Waals surface area contributed by atoms with Crippen molar-refractivity contribution in [3.63, 3.8) is 0 Å². The average Bonchev–Trinajstić information content (AvgIpc) is 2.53. The summed E-state index contributed by atoms with van der Waals surface area (Å²) in [5.41, 5.74) is 2.09. The van der Waals surface area contributed by atoms with Crippen LogP contribution in [-0.4, -0.2) is 23.4 Å². The Kier molecular flexibility index (Phi) is 5.22. The van der Waals surface area contributed by atoms with Crippen LogP contribution in [0.4, 0.5) is 10.1 Å². The Morgan fingerprint density at radius 2 is 1.91 bits per heavy atom. The van der Waals surface area contributed by atoms with Crippen molar-refractivity contribution in [2.45, 2.75) is 19.4 Å². The number of hydrogen-bond donors (Lipinski definition) is 0. The van der Waals surface area contributed by atoms with Crippen LogP contribution in [0.1, 0.15) is 24.1 Å². The Bertz CT molecular complexity index is 643. The van der Waals surface area contributed by atoms with Gasteiger partial charge in [-0.05, 0) is 43.7 Å². The van der Waals surface area contributed by atoms with Crippen molar-refractivity contribution in [2.75, 3.05) is 13.6 Å². The van der Waals surface area contributed by atoms with E-state index in [0.717, 1.165) is 24.1 Å². The van der Waals surface area contributed by atoms with Crippen molar-refractivity contribution < 1.29 is 9.31 Å². The summed E-state index contributed by atoms with van der Waals surface area (Å²) in [4.78, 5) is 12.6. The lowest BCUT2D eigenvalue weighted by atomic mass is 10.1. The third-order valence-electron chi connectivity index (χ3n) is 3.89. The topological polar surface area (TPSA) is 46.4 Å². The van der Waals surface area contributed by atoms with E-state index < -0.39 is 0 Å². The van der Waals surface area contributed by atoms with E-state index in [1.54, 1.807) is 24.3 Å². The van der Waals surface area contributed by atoms with Gasteiger partial charge in [0.15, 0.2) is 0 Å². The fourth-order valence-electron chi connectivity index (χ4n) is 2.30. The highest BCUT2D eigenvalue weighted by Gasteiger charge is 2.14. The summed E-state index contributed by atoms with van der Waals surface area (Å²) < 4.78 is 12.9. The summed E-state index contributed by atoms with van der Waals surface area (Å²) >= 11 is 0. The maximum Gasteiger partial charge on any atom is 0.269 e. The lowest BCUT2D eigenvalue weighted by Crippen LogP contribution is -2.24. The quantitative estimate of drug-likeness (QED) is 0.599. The summed E-state index contributed by atoms with van der Waals surface area (Å²) in [5.74, 6) is -0.234. The molecule has 0 radical (unpaired) electrons. The van der Waals surface area contributed by atoms with Gasteiger partial charge < -0.3 is 0 Å². The number of nitrogens with zero attached hydrogens (tertiary/aromatic N) is 2. The summed E-state index contributed by atoms with van der Waals surface area (Å²) in [6, 6.07) is 13.2. The van der Waals surface area contributed by atoms with Gasteiger partial charge in [-0.3, -0.25) is 15.0 Å². The van der Waals surface area contributed by atoms with Crippen LogP contribution in [0.5, 0.6) is 0 Å². The first-order chi connectivity index (χ1) is 10.5. The van der Waals surface area contributed by atoms with E-state index in [1.807, 2.05) is 20.0 Å². The molecule has 4 nitrogen and oxygen atoms in total. The molecule has 0 aliphatic rings. The third kappa shape index (κ3) is 4.11. The minimum atomic E-state index is -0.380. The molecule has 2 aromatic carbocycles. The summed E-state index contributed by atoms with van der Waals surface area (Å²) in [6.07, 6.45) is 0.802. The first-order valence-electron chi connectivity index (χ1n) is 7.16. The fraction of sp³-hybridized carbons (Fsp3) is 0.294. The Morgan fingerprint density at radius 1 is 1.23 bits per heavy atom. The van der Waals surface area contributed by atoms with E-state index in [-0.39, 0.29) is 22.5 Å². The molecule has 5 heteroatoms. The van der Waals surface area contributed by atoms with Crippen LogP contribution in [0.25, 0.3) is 0 Å². The lowest BCUT2D eigenvalue weighted by Gasteiger charge is -2.25. The molecule has 0 saturated carbocycles. The molecule has 0 aromatic heterocycles. The second kappa shape index (κ2) is 7.13. The largest absolute Gasteiger partial charge is 0.299 e. The van der Waals surface area contributed by atoms with Gasteiger partial charge in [0.2, 0.25) is 0 Å². The zero-order valence-electron chi connectivity index (χ0n) is 12.7. The van der Waals surface area contributed by atoms with E-state index in [1.165, 1.54) is 18.2 Å². The number of nitro groups is 1. The molecule has 2 rings (SSSR count). The van der Waals surface area contributed by atoms with Gasteiger partial charge in [0, 0.05) is 24.7 Å². The lowest BCUT2D eigenvalue weighted by molar-refractivity contribution is -0.384. The smallest absolute Gasteiger partial charge is 0.269 e. The molecule has 116 valence electrons. The molecule has 0 bridgehead atoms.